The molecule has 0 saturated heterocycles. The predicted octanol–water partition coefficient (Wildman–Crippen LogP) is 8.42. The van der Waals surface area contributed by atoms with Crippen molar-refractivity contribution in [3.63, 3.8) is 0 Å². The highest BCUT2D eigenvalue weighted by Crippen LogP contribution is 2.68. The summed E-state index contributed by atoms with van der Waals surface area (Å²) < 4.78 is 0. The monoisotopic (exact) mass is 517 g/mol. The van der Waals surface area contributed by atoms with Gasteiger partial charge >= 0.3 is 0 Å². The van der Waals surface area contributed by atoms with Crippen LogP contribution in [-0.4, -0.2) is 29.4 Å². The van der Waals surface area contributed by atoms with Crippen molar-refractivity contribution < 1.29 is 10.2 Å². The lowest BCUT2D eigenvalue weighted by Crippen LogP contribution is -2.59. The summed E-state index contributed by atoms with van der Waals surface area (Å²) in [5.41, 5.74) is 1.64. The van der Waals surface area contributed by atoms with Gasteiger partial charge in [-0.05, 0) is 121 Å². The van der Waals surface area contributed by atoms with Gasteiger partial charge in [0.05, 0.1) is 17.8 Å². The number of nitrogens with zero attached hydrogens (tertiary/aromatic N) is 1. The Bertz CT molecular complexity index is 1160. The standard InChI is InChI=1S/C35H51NO2/c1-6-9-22(2)27-14-15-28-26-13-12-25-20-33(38)31(21-35(25,4)29(26)16-17-34(27,28)3)36(5)30-18-23-10-7-8-11-24(23)19-32(30)37/h7-8,10-11,18-19,22,25-29,31,33,37-38H,6,9,12-17,20-21H2,1-5H3/t22?,25?,26-,27+,28-,29-,31+,33+,34+,35-/m0/s1. The van der Waals surface area contributed by atoms with E-state index in [-0.39, 0.29) is 17.6 Å². The second kappa shape index (κ2) is 9.72. The molecule has 0 spiro atoms. The van der Waals surface area contributed by atoms with Crippen molar-refractivity contribution in [3.05, 3.63) is 36.4 Å². The quantitative estimate of drug-likeness (QED) is 0.418. The average Bonchev–Trinajstić information content (AvgIpc) is 3.25. The van der Waals surface area contributed by atoms with E-state index in [9.17, 15) is 10.2 Å². The van der Waals surface area contributed by atoms with Crippen LogP contribution in [0.1, 0.15) is 91.9 Å². The third kappa shape index (κ3) is 4.01. The van der Waals surface area contributed by atoms with Crippen molar-refractivity contribution in [2.45, 2.75) is 104 Å². The molecule has 2 N–H and O–H groups in total. The number of aliphatic hydroxyl groups is 1. The van der Waals surface area contributed by atoms with Crippen LogP contribution in [0.2, 0.25) is 0 Å². The molecule has 10 atom stereocenters. The van der Waals surface area contributed by atoms with Crippen molar-refractivity contribution in [2.24, 2.45) is 46.3 Å². The van der Waals surface area contributed by atoms with E-state index in [1.807, 2.05) is 12.1 Å². The number of phenols is 1. The molecule has 0 radical (unpaired) electrons. The maximum atomic E-state index is 11.5. The molecule has 2 aromatic rings. The number of rotatable bonds is 5. The van der Waals surface area contributed by atoms with E-state index < -0.39 is 0 Å². The highest BCUT2D eigenvalue weighted by Gasteiger charge is 2.61. The molecule has 0 aliphatic heterocycles. The molecular formula is C35H51NO2. The van der Waals surface area contributed by atoms with Crippen LogP contribution in [0.25, 0.3) is 10.8 Å². The Kier molecular flexibility index (Phi) is 6.77. The summed E-state index contributed by atoms with van der Waals surface area (Å²) in [5.74, 6) is 5.21. The Morgan fingerprint density at radius 1 is 0.974 bits per heavy atom. The highest BCUT2D eigenvalue weighted by atomic mass is 16.3. The van der Waals surface area contributed by atoms with Gasteiger partial charge in [-0.25, -0.2) is 0 Å². The molecule has 3 nitrogen and oxygen atoms in total. The second-order valence-electron chi connectivity index (χ2n) is 14.5. The van der Waals surface area contributed by atoms with Crippen LogP contribution in [0.5, 0.6) is 5.75 Å². The van der Waals surface area contributed by atoms with Crippen molar-refractivity contribution >= 4 is 16.5 Å². The van der Waals surface area contributed by atoms with E-state index in [0.717, 1.165) is 58.9 Å². The number of fused-ring (bicyclic) bond motifs is 6. The van der Waals surface area contributed by atoms with Crippen LogP contribution in [0, 0.1) is 46.3 Å². The van der Waals surface area contributed by atoms with Crippen LogP contribution in [0.4, 0.5) is 5.69 Å². The maximum absolute atomic E-state index is 11.5. The van der Waals surface area contributed by atoms with Crippen LogP contribution in [0.15, 0.2) is 36.4 Å². The van der Waals surface area contributed by atoms with Gasteiger partial charge in [-0.3, -0.25) is 0 Å². The number of benzene rings is 2. The normalized spacial score (nSPS) is 41.3. The molecule has 4 fully saturated rings. The third-order valence-electron chi connectivity index (χ3n) is 12.9. The molecular weight excluding hydrogens is 466 g/mol. The molecule has 0 heterocycles. The van der Waals surface area contributed by atoms with Gasteiger partial charge in [-0.1, -0.05) is 64.8 Å². The first-order chi connectivity index (χ1) is 18.2. The van der Waals surface area contributed by atoms with Crippen molar-refractivity contribution in [2.75, 3.05) is 11.9 Å². The minimum atomic E-state index is -0.347. The van der Waals surface area contributed by atoms with Crippen LogP contribution in [-0.2, 0) is 0 Å². The second-order valence-corrected chi connectivity index (χ2v) is 14.5. The predicted molar refractivity (Wildman–Crippen MR) is 158 cm³/mol. The summed E-state index contributed by atoms with van der Waals surface area (Å²) in [6.07, 6.45) is 12.6. The first kappa shape index (κ1) is 26.5. The number of hydrogen-bond acceptors (Lipinski definition) is 3. The summed E-state index contributed by atoms with van der Waals surface area (Å²) in [7, 11) is 2.09. The van der Waals surface area contributed by atoms with E-state index in [2.05, 4.69) is 63.9 Å². The summed E-state index contributed by atoms with van der Waals surface area (Å²) in [5, 5.41) is 24.7. The molecule has 6 rings (SSSR count). The fourth-order valence-corrected chi connectivity index (χ4v) is 11.0. The van der Waals surface area contributed by atoms with Gasteiger partial charge in [0.2, 0.25) is 0 Å². The topological polar surface area (TPSA) is 43.7 Å². The molecule has 38 heavy (non-hydrogen) atoms. The Balaban J connectivity index is 1.27. The van der Waals surface area contributed by atoms with E-state index in [0.29, 0.717) is 17.1 Å². The summed E-state index contributed by atoms with van der Waals surface area (Å²) >= 11 is 0. The van der Waals surface area contributed by atoms with Gasteiger partial charge in [0.15, 0.2) is 0 Å². The zero-order valence-corrected chi connectivity index (χ0v) is 24.5. The summed E-state index contributed by atoms with van der Waals surface area (Å²) in [4.78, 5) is 2.21. The molecule has 4 aliphatic carbocycles. The minimum Gasteiger partial charge on any atom is -0.506 e. The Morgan fingerprint density at radius 2 is 1.68 bits per heavy atom. The fraction of sp³-hybridized carbons (Fsp3) is 0.714. The van der Waals surface area contributed by atoms with Crippen LogP contribution in [0.3, 0.4) is 0 Å². The Morgan fingerprint density at radius 3 is 2.42 bits per heavy atom. The lowest BCUT2D eigenvalue weighted by Gasteiger charge is -2.62. The van der Waals surface area contributed by atoms with E-state index in [4.69, 9.17) is 0 Å². The SMILES string of the molecule is CCCC(C)[C@H]1CC[C@H]2[C@@H]3CCC4C[C@@H](O)[C@H](N(C)c5cc6ccccc6cc5O)C[C@]4(C)[C@H]3CC[C@]12C. The molecule has 4 aliphatic rings. The number of anilines is 1. The van der Waals surface area contributed by atoms with Gasteiger partial charge in [0.1, 0.15) is 5.75 Å². The molecule has 3 heteroatoms. The lowest BCUT2D eigenvalue weighted by atomic mass is 9.44. The molecule has 208 valence electrons. The largest absolute Gasteiger partial charge is 0.506 e. The number of phenolic OH excluding ortho intramolecular Hbond substituents is 1. The van der Waals surface area contributed by atoms with Crippen LogP contribution < -0.4 is 4.90 Å². The van der Waals surface area contributed by atoms with Crippen LogP contribution >= 0.6 is 0 Å². The first-order valence-corrected chi connectivity index (χ1v) is 15.8. The van der Waals surface area contributed by atoms with Gasteiger partial charge in [-0.2, -0.15) is 0 Å². The molecule has 4 saturated carbocycles. The minimum absolute atomic E-state index is 0.0382. The molecule has 0 amide bonds. The maximum Gasteiger partial charge on any atom is 0.139 e. The summed E-state index contributed by atoms with van der Waals surface area (Å²) in [6.45, 7) is 10.2. The molecule has 0 aromatic heterocycles. The Labute approximate surface area is 231 Å². The van der Waals surface area contributed by atoms with Crippen molar-refractivity contribution in [1.29, 1.82) is 0 Å². The zero-order chi connectivity index (χ0) is 26.8. The lowest BCUT2D eigenvalue weighted by molar-refractivity contribution is -0.134. The summed E-state index contributed by atoms with van der Waals surface area (Å²) in [6, 6.07) is 12.3. The van der Waals surface area contributed by atoms with Crippen molar-refractivity contribution in [1.82, 2.24) is 0 Å². The van der Waals surface area contributed by atoms with Gasteiger partial charge in [0, 0.05) is 7.05 Å². The number of aliphatic hydroxyl groups excluding tert-OH is 1. The smallest absolute Gasteiger partial charge is 0.139 e. The fourth-order valence-electron chi connectivity index (χ4n) is 11.0. The average molecular weight is 518 g/mol. The van der Waals surface area contributed by atoms with E-state index >= 15 is 0 Å². The highest BCUT2D eigenvalue weighted by molar-refractivity contribution is 5.88. The van der Waals surface area contributed by atoms with E-state index in [1.54, 1.807) is 0 Å². The molecule has 2 unspecified atom stereocenters. The van der Waals surface area contributed by atoms with Gasteiger partial charge in [-0.15, -0.1) is 0 Å². The van der Waals surface area contributed by atoms with Crippen molar-refractivity contribution in [3.8, 4) is 5.75 Å². The number of likely N-dealkylation sites (N-methyl/N-ethyl adjacent to an activating group) is 1. The Hall–Kier alpha value is -1.74. The number of aromatic hydroxyl groups is 1. The van der Waals surface area contributed by atoms with Gasteiger partial charge < -0.3 is 15.1 Å². The van der Waals surface area contributed by atoms with E-state index in [1.165, 1.54) is 51.4 Å². The number of hydrogen-bond donors (Lipinski definition) is 2. The van der Waals surface area contributed by atoms with Gasteiger partial charge in [0.25, 0.3) is 0 Å². The molecule has 0 bridgehead atoms. The molecule has 2 aromatic carbocycles. The zero-order valence-electron chi connectivity index (χ0n) is 24.5. The first-order valence-electron chi connectivity index (χ1n) is 15.8. The third-order valence-corrected chi connectivity index (χ3v) is 12.9.